The highest BCUT2D eigenvalue weighted by Crippen LogP contribution is 2.18. The normalized spacial score (nSPS) is 10.7. The molecule has 0 saturated carbocycles. The van der Waals surface area contributed by atoms with Crippen molar-refractivity contribution in [2.24, 2.45) is 7.05 Å². The van der Waals surface area contributed by atoms with Crippen LogP contribution in [0.15, 0.2) is 24.4 Å². The lowest BCUT2D eigenvalue weighted by atomic mass is 10.1. The van der Waals surface area contributed by atoms with Crippen molar-refractivity contribution >= 4 is 29.1 Å². The van der Waals surface area contributed by atoms with Crippen molar-refractivity contribution in [1.82, 2.24) is 14.5 Å². The number of benzene rings is 1. The Morgan fingerprint density at radius 1 is 1.40 bits per heavy atom. The quantitative estimate of drug-likeness (QED) is 0.872. The van der Waals surface area contributed by atoms with Crippen molar-refractivity contribution in [1.29, 1.82) is 0 Å². The molecule has 0 aliphatic carbocycles. The zero-order chi connectivity index (χ0) is 14.9. The lowest BCUT2D eigenvalue weighted by Crippen LogP contribution is -2.27. The molecule has 0 N–H and O–H groups in total. The van der Waals surface area contributed by atoms with E-state index in [9.17, 15) is 4.79 Å². The second kappa shape index (κ2) is 5.85. The SMILES string of the molecule is Cc1ccc(C(=O)N(C)Cc2ncc(Cl)n2C)cc1Cl. The number of amides is 1. The molecule has 1 heterocycles. The molecule has 20 heavy (non-hydrogen) atoms. The van der Waals surface area contributed by atoms with Crippen molar-refractivity contribution in [2.45, 2.75) is 13.5 Å². The third kappa shape index (κ3) is 2.97. The van der Waals surface area contributed by atoms with Crippen LogP contribution in [0.4, 0.5) is 0 Å². The van der Waals surface area contributed by atoms with E-state index < -0.39 is 0 Å². The van der Waals surface area contributed by atoms with Gasteiger partial charge in [-0.05, 0) is 24.6 Å². The lowest BCUT2D eigenvalue weighted by molar-refractivity contribution is 0.0780. The highest BCUT2D eigenvalue weighted by molar-refractivity contribution is 6.31. The Kier molecular flexibility index (Phi) is 4.35. The second-order valence-corrected chi connectivity index (χ2v) is 5.48. The molecule has 1 amide bonds. The fourth-order valence-electron chi connectivity index (χ4n) is 1.80. The number of carbonyl (C=O) groups is 1. The Morgan fingerprint density at radius 2 is 2.10 bits per heavy atom. The summed E-state index contributed by atoms with van der Waals surface area (Å²) in [4.78, 5) is 18.1. The Balaban J connectivity index is 2.16. The first-order valence-corrected chi connectivity index (χ1v) is 6.83. The Labute approximate surface area is 127 Å². The minimum absolute atomic E-state index is 0.106. The van der Waals surface area contributed by atoms with Crippen molar-refractivity contribution < 1.29 is 4.79 Å². The molecule has 0 aliphatic heterocycles. The number of imidazole rings is 1. The first-order valence-electron chi connectivity index (χ1n) is 6.08. The first kappa shape index (κ1) is 14.9. The fourth-order valence-corrected chi connectivity index (χ4v) is 2.13. The maximum Gasteiger partial charge on any atom is 0.254 e. The summed E-state index contributed by atoms with van der Waals surface area (Å²) in [5.41, 5.74) is 1.50. The number of halogens is 2. The van der Waals surface area contributed by atoms with Gasteiger partial charge in [0.2, 0.25) is 0 Å². The smallest absolute Gasteiger partial charge is 0.254 e. The van der Waals surface area contributed by atoms with E-state index in [2.05, 4.69) is 4.98 Å². The molecule has 0 spiro atoms. The number of hydrogen-bond acceptors (Lipinski definition) is 2. The van der Waals surface area contributed by atoms with E-state index in [1.54, 1.807) is 34.8 Å². The third-order valence-electron chi connectivity index (χ3n) is 3.17. The van der Waals surface area contributed by atoms with Gasteiger partial charge in [0.25, 0.3) is 5.91 Å². The number of aryl methyl sites for hydroxylation is 1. The highest BCUT2D eigenvalue weighted by Gasteiger charge is 2.15. The summed E-state index contributed by atoms with van der Waals surface area (Å²) in [6, 6.07) is 5.29. The van der Waals surface area contributed by atoms with Gasteiger partial charge in [-0.2, -0.15) is 0 Å². The van der Waals surface area contributed by atoms with Crippen molar-refractivity contribution in [2.75, 3.05) is 7.05 Å². The Morgan fingerprint density at radius 3 is 2.65 bits per heavy atom. The van der Waals surface area contributed by atoms with Crippen LogP contribution in [0.25, 0.3) is 0 Å². The van der Waals surface area contributed by atoms with Gasteiger partial charge < -0.3 is 9.47 Å². The van der Waals surface area contributed by atoms with Gasteiger partial charge in [0, 0.05) is 24.7 Å². The molecule has 0 atom stereocenters. The van der Waals surface area contributed by atoms with Crippen LogP contribution in [0.1, 0.15) is 21.7 Å². The molecular formula is C14H15Cl2N3O. The lowest BCUT2D eigenvalue weighted by Gasteiger charge is -2.17. The van der Waals surface area contributed by atoms with Gasteiger partial charge in [0.1, 0.15) is 11.0 Å². The summed E-state index contributed by atoms with van der Waals surface area (Å²) in [5.74, 6) is 0.620. The van der Waals surface area contributed by atoms with Crippen LogP contribution in [0.2, 0.25) is 10.2 Å². The van der Waals surface area contributed by atoms with E-state index in [4.69, 9.17) is 23.2 Å². The van der Waals surface area contributed by atoms with Crippen LogP contribution in [-0.2, 0) is 13.6 Å². The van der Waals surface area contributed by atoms with Crippen molar-refractivity contribution in [3.8, 4) is 0 Å². The van der Waals surface area contributed by atoms with Crippen molar-refractivity contribution in [3.63, 3.8) is 0 Å². The topological polar surface area (TPSA) is 38.1 Å². The number of nitrogens with zero attached hydrogens (tertiary/aromatic N) is 3. The molecular weight excluding hydrogens is 297 g/mol. The van der Waals surface area contributed by atoms with Gasteiger partial charge >= 0.3 is 0 Å². The molecule has 1 aromatic heterocycles. The Bertz CT molecular complexity index is 652. The van der Waals surface area contributed by atoms with E-state index in [-0.39, 0.29) is 5.91 Å². The minimum atomic E-state index is -0.106. The van der Waals surface area contributed by atoms with Crippen LogP contribution >= 0.6 is 23.2 Å². The summed E-state index contributed by atoms with van der Waals surface area (Å²) in [6.45, 7) is 2.28. The van der Waals surface area contributed by atoms with Crippen LogP contribution in [-0.4, -0.2) is 27.4 Å². The summed E-state index contributed by atoms with van der Waals surface area (Å²) >= 11 is 12.0. The maximum absolute atomic E-state index is 12.3. The van der Waals surface area contributed by atoms with Crippen LogP contribution in [0, 0.1) is 6.92 Å². The molecule has 2 rings (SSSR count). The summed E-state index contributed by atoms with van der Waals surface area (Å²) in [6.07, 6.45) is 1.57. The number of rotatable bonds is 3. The molecule has 106 valence electrons. The van der Waals surface area contributed by atoms with Crippen LogP contribution in [0.3, 0.4) is 0 Å². The summed E-state index contributed by atoms with van der Waals surface area (Å²) < 4.78 is 1.74. The molecule has 0 unspecified atom stereocenters. The predicted octanol–water partition coefficient (Wildman–Crippen LogP) is 3.31. The average molecular weight is 312 g/mol. The third-order valence-corrected chi connectivity index (χ3v) is 3.93. The van der Waals surface area contributed by atoms with E-state index in [1.165, 1.54) is 0 Å². The molecule has 0 fully saturated rings. The molecule has 0 radical (unpaired) electrons. The van der Waals surface area contributed by atoms with E-state index >= 15 is 0 Å². The fraction of sp³-hybridized carbons (Fsp3) is 0.286. The monoisotopic (exact) mass is 311 g/mol. The molecule has 0 aliphatic rings. The summed E-state index contributed by atoms with van der Waals surface area (Å²) in [7, 11) is 3.53. The van der Waals surface area contributed by atoms with Crippen LogP contribution in [0.5, 0.6) is 0 Å². The van der Waals surface area contributed by atoms with E-state index in [0.29, 0.717) is 22.3 Å². The minimum Gasteiger partial charge on any atom is -0.334 e. The van der Waals surface area contributed by atoms with Gasteiger partial charge in [-0.25, -0.2) is 4.98 Å². The zero-order valence-electron chi connectivity index (χ0n) is 11.5. The molecule has 2 aromatic rings. The van der Waals surface area contributed by atoms with Gasteiger partial charge in [0.05, 0.1) is 12.7 Å². The van der Waals surface area contributed by atoms with Gasteiger partial charge in [-0.15, -0.1) is 0 Å². The largest absolute Gasteiger partial charge is 0.334 e. The molecule has 6 heteroatoms. The molecule has 1 aromatic carbocycles. The number of carbonyl (C=O) groups excluding carboxylic acids is 1. The van der Waals surface area contributed by atoms with Crippen molar-refractivity contribution in [3.05, 3.63) is 51.5 Å². The molecule has 0 saturated heterocycles. The molecule has 4 nitrogen and oxygen atoms in total. The van der Waals surface area contributed by atoms with E-state index in [1.807, 2.05) is 20.0 Å². The second-order valence-electron chi connectivity index (χ2n) is 4.68. The highest BCUT2D eigenvalue weighted by atomic mass is 35.5. The number of hydrogen-bond donors (Lipinski definition) is 0. The standard InChI is InChI=1S/C14H15Cl2N3O/c1-9-4-5-10(6-11(9)15)14(20)18(2)8-13-17-7-12(16)19(13)3/h4-7H,8H2,1-3H3. The van der Waals surface area contributed by atoms with Gasteiger partial charge in [-0.3, -0.25) is 4.79 Å². The predicted molar refractivity (Wildman–Crippen MR) is 80.2 cm³/mol. The van der Waals surface area contributed by atoms with E-state index in [0.717, 1.165) is 11.4 Å². The zero-order valence-corrected chi connectivity index (χ0v) is 13.0. The number of aromatic nitrogens is 2. The Hall–Kier alpha value is -1.52. The maximum atomic E-state index is 12.3. The first-order chi connectivity index (χ1) is 9.40. The van der Waals surface area contributed by atoms with Gasteiger partial charge in [0.15, 0.2) is 0 Å². The summed E-state index contributed by atoms with van der Waals surface area (Å²) in [5, 5.41) is 1.13. The van der Waals surface area contributed by atoms with Gasteiger partial charge in [-0.1, -0.05) is 29.3 Å². The molecule has 0 bridgehead atoms. The average Bonchev–Trinajstić information content (AvgIpc) is 2.73. The van der Waals surface area contributed by atoms with Crippen LogP contribution < -0.4 is 0 Å².